The minimum Gasteiger partial charge on any atom is -0.508 e. The van der Waals surface area contributed by atoms with E-state index >= 15 is 0 Å². The standard InChI is InChI=1S/C15H13NO5/c17-10-5-6-11(13(18)8-10)15(21)16-12-4-2-1-3-9(12)7-14(19)20/h1-6,8,17-18H,7H2,(H,16,21)(H,19,20). The zero-order chi connectivity index (χ0) is 15.4. The molecule has 6 nitrogen and oxygen atoms in total. The topological polar surface area (TPSA) is 107 Å². The van der Waals surface area contributed by atoms with Gasteiger partial charge in [-0.3, -0.25) is 9.59 Å². The molecule has 0 heterocycles. The van der Waals surface area contributed by atoms with Crippen LogP contribution in [0.1, 0.15) is 15.9 Å². The van der Waals surface area contributed by atoms with Gasteiger partial charge in [0.1, 0.15) is 11.5 Å². The number of benzene rings is 2. The average Bonchev–Trinajstić information content (AvgIpc) is 2.40. The number of carboxylic acid groups (broad SMARTS) is 1. The lowest BCUT2D eigenvalue weighted by molar-refractivity contribution is -0.136. The number of phenols is 2. The van der Waals surface area contributed by atoms with E-state index in [0.717, 1.165) is 6.07 Å². The van der Waals surface area contributed by atoms with Gasteiger partial charge in [0.15, 0.2) is 0 Å². The molecule has 4 N–H and O–H groups in total. The van der Waals surface area contributed by atoms with Crippen molar-refractivity contribution in [3.8, 4) is 11.5 Å². The first-order valence-electron chi connectivity index (χ1n) is 6.10. The molecule has 21 heavy (non-hydrogen) atoms. The number of aliphatic carboxylic acids is 1. The lowest BCUT2D eigenvalue weighted by Gasteiger charge is -2.10. The second-order valence-electron chi connectivity index (χ2n) is 4.38. The Labute approximate surface area is 120 Å². The summed E-state index contributed by atoms with van der Waals surface area (Å²) in [5.41, 5.74) is 0.798. The highest BCUT2D eigenvalue weighted by molar-refractivity contribution is 6.06. The van der Waals surface area contributed by atoms with Gasteiger partial charge in [-0.25, -0.2) is 0 Å². The molecule has 0 unspecified atom stereocenters. The Bertz CT molecular complexity index is 696. The number of carbonyl (C=O) groups is 2. The van der Waals surface area contributed by atoms with Crippen LogP contribution in [0.5, 0.6) is 11.5 Å². The lowest BCUT2D eigenvalue weighted by atomic mass is 10.1. The number of rotatable bonds is 4. The number of nitrogens with one attached hydrogen (secondary N) is 1. The minimum absolute atomic E-state index is 0.0158. The van der Waals surface area contributed by atoms with Crippen molar-refractivity contribution < 1.29 is 24.9 Å². The first-order valence-corrected chi connectivity index (χ1v) is 6.10. The van der Waals surface area contributed by atoms with E-state index in [4.69, 9.17) is 5.11 Å². The number of aromatic hydroxyl groups is 2. The fourth-order valence-corrected chi connectivity index (χ4v) is 1.86. The maximum atomic E-state index is 12.1. The number of amides is 1. The second-order valence-corrected chi connectivity index (χ2v) is 4.38. The van der Waals surface area contributed by atoms with Gasteiger partial charge in [-0.2, -0.15) is 0 Å². The van der Waals surface area contributed by atoms with Crippen molar-refractivity contribution in [1.82, 2.24) is 0 Å². The zero-order valence-corrected chi connectivity index (χ0v) is 10.9. The van der Waals surface area contributed by atoms with Crippen LogP contribution in [0.3, 0.4) is 0 Å². The Morgan fingerprint density at radius 1 is 1.05 bits per heavy atom. The van der Waals surface area contributed by atoms with Crippen molar-refractivity contribution in [2.45, 2.75) is 6.42 Å². The molecule has 6 heteroatoms. The Kier molecular flexibility index (Phi) is 4.08. The van der Waals surface area contributed by atoms with E-state index in [1.165, 1.54) is 12.1 Å². The fourth-order valence-electron chi connectivity index (χ4n) is 1.86. The summed E-state index contributed by atoms with van der Waals surface area (Å²) in [6.45, 7) is 0. The van der Waals surface area contributed by atoms with Gasteiger partial charge in [0, 0.05) is 11.8 Å². The number of phenolic OH excluding ortho intramolecular Hbond substituents is 2. The van der Waals surface area contributed by atoms with E-state index in [9.17, 15) is 19.8 Å². The normalized spacial score (nSPS) is 10.1. The molecule has 0 aromatic heterocycles. The van der Waals surface area contributed by atoms with Gasteiger partial charge >= 0.3 is 5.97 Å². The summed E-state index contributed by atoms with van der Waals surface area (Å²) in [4.78, 5) is 22.9. The molecule has 0 aliphatic heterocycles. The van der Waals surface area contributed by atoms with Crippen LogP contribution in [0.25, 0.3) is 0 Å². The van der Waals surface area contributed by atoms with Gasteiger partial charge in [-0.15, -0.1) is 0 Å². The molecule has 0 aliphatic carbocycles. The Balaban J connectivity index is 2.25. The quantitative estimate of drug-likeness (QED) is 0.688. The summed E-state index contributed by atoms with van der Waals surface area (Å²) in [5.74, 6) is -2.12. The van der Waals surface area contributed by atoms with Crippen molar-refractivity contribution in [2.24, 2.45) is 0 Å². The fraction of sp³-hybridized carbons (Fsp3) is 0.0667. The van der Waals surface area contributed by atoms with E-state index < -0.39 is 11.9 Å². The van der Waals surface area contributed by atoms with Gasteiger partial charge in [0.2, 0.25) is 0 Å². The molecule has 0 saturated heterocycles. The van der Waals surface area contributed by atoms with Gasteiger partial charge in [-0.05, 0) is 23.8 Å². The van der Waals surface area contributed by atoms with E-state index in [2.05, 4.69) is 5.32 Å². The third-order valence-electron chi connectivity index (χ3n) is 2.83. The SMILES string of the molecule is O=C(O)Cc1ccccc1NC(=O)c1ccc(O)cc1O. The monoisotopic (exact) mass is 287 g/mol. The van der Waals surface area contributed by atoms with Crippen LogP contribution in [0.4, 0.5) is 5.69 Å². The number of carboxylic acids is 1. The summed E-state index contributed by atoms with van der Waals surface area (Å²) in [5, 5.41) is 30.2. The van der Waals surface area contributed by atoms with Crippen LogP contribution in [0.15, 0.2) is 42.5 Å². The molecule has 0 fully saturated rings. The second kappa shape index (κ2) is 5.96. The highest BCUT2D eigenvalue weighted by Gasteiger charge is 2.14. The molecule has 2 rings (SSSR count). The van der Waals surface area contributed by atoms with Gasteiger partial charge < -0.3 is 20.6 Å². The van der Waals surface area contributed by atoms with Crippen LogP contribution < -0.4 is 5.32 Å². The predicted molar refractivity (Wildman–Crippen MR) is 75.5 cm³/mol. The number of carbonyl (C=O) groups excluding carboxylic acids is 1. The summed E-state index contributed by atoms with van der Waals surface area (Å²) in [7, 11) is 0. The third-order valence-corrected chi connectivity index (χ3v) is 2.83. The van der Waals surface area contributed by atoms with Crippen LogP contribution in [0, 0.1) is 0 Å². The predicted octanol–water partition coefficient (Wildman–Crippen LogP) is 1.98. The van der Waals surface area contributed by atoms with Gasteiger partial charge in [-0.1, -0.05) is 18.2 Å². The average molecular weight is 287 g/mol. The number of hydrogen-bond donors (Lipinski definition) is 4. The Morgan fingerprint density at radius 2 is 1.76 bits per heavy atom. The van der Waals surface area contributed by atoms with E-state index in [-0.39, 0.29) is 23.5 Å². The van der Waals surface area contributed by atoms with Gasteiger partial charge in [0.05, 0.1) is 12.0 Å². The Morgan fingerprint density at radius 3 is 2.43 bits per heavy atom. The largest absolute Gasteiger partial charge is 0.508 e. The summed E-state index contributed by atoms with van der Waals surface area (Å²) < 4.78 is 0. The number of para-hydroxylation sites is 1. The molecule has 1 amide bonds. The third kappa shape index (κ3) is 3.50. The van der Waals surface area contributed by atoms with Gasteiger partial charge in [0.25, 0.3) is 5.91 Å². The smallest absolute Gasteiger partial charge is 0.307 e. The van der Waals surface area contributed by atoms with E-state index in [1.54, 1.807) is 24.3 Å². The molecule has 0 bridgehead atoms. The number of anilines is 1. The first kappa shape index (κ1) is 14.4. The maximum Gasteiger partial charge on any atom is 0.307 e. The molecule has 0 saturated carbocycles. The minimum atomic E-state index is -1.01. The van der Waals surface area contributed by atoms with Crippen molar-refractivity contribution >= 4 is 17.6 Å². The van der Waals surface area contributed by atoms with E-state index in [0.29, 0.717) is 11.3 Å². The van der Waals surface area contributed by atoms with Crippen LogP contribution in [-0.2, 0) is 11.2 Å². The van der Waals surface area contributed by atoms with Crippen LogP contribution in [-0.4, -0.2) is 27.2 Å². The maximum absolute atomic E-state index is 12.1. The van der Waals surface area contributed by atoms with Crippen molar-refractivity contribution in [2.75, 3.05) is 5.32 Å². The summed E-state index contributed by atoms with van der Waals surface area (Å²) in [6.07, 6.45) is -0.224. The Hall–Kier alpha value is -3.02. The van der Waals surface area contributed by atoms with Crippen molar-refractivity contribution in [3.05, 3.63) is 53.6 Å². The van der Waals surface area contributed by atoms with Crippen molar-refractivity contribution in [1.29, 1.82) is 0 Å². The molecule has 108 valence electrons. The highest BCUT2D eigenvalue weighted by atomic mass is 16.4. The lowest BCUT2D eigenvalue weighted by Crippen LogP contribution is -2.14. The molecular formula is C15H13NO5. The molecule has 0 spiro atoms. The number of hydrogen-bond acceptors (Lipinski definition) is 4. The molecule has 0 atom stereocenters. The van der Waals surface area contributed by atoms with Crippen LogP contribution in [0.2, 0.25) is 0 Å². The first-order chi connectivity index (χ1) is 9.97. The molecule has 2 aromatic carbocycles. The highest BCUT2D eigenvalue weighted by Crippen LogP contribution is 2.24. The molecule has 0 aliphatic rings. The molecular weight excluding hydrogens is 274 g/mol. The van der Waals surface area contributed by atoms with Crippen molar-refractivity contribution in [3.63, 3.8) is 0 Å². The molecule has 2 aromatic rings. The zero-order valence-electron chi connectivity index (χ0n) is 10.9. The summed E-state index contributed by atoms with van der Waals surface area (Å²) in [6, 6.07) is 10.1. The summed E-state index contributed by atoms with van der Waals surface area (Å²) >= 11 is 0. The van der Waals surface area contributed by atoms with E-state index in [1.807, 2.05) is 0 Å². The molecule has 0 radical (unpaired) electrons. The van der Waals surface area contributed by atoms with Crippen LogP contribution >= 0.6 is 0 Å².